The first-order chi connectivity index (χ1) is 27.9. The topological polar surface area (TPSA) is 208 Å². The minimum absolute atomic E-state index is 0.174. The van der Waals surface area contributed by atoms with E-state index in [0.29, 0.717) is 31.8 Å². The Morgan fingerprint density at radius 1 is 0.845 bits per heavy atom. The van der Waals surface area contributed by atoms with Gasteiger partial charge in [-0.3, -0.25) is 14.6 Å². The molecule has 3 aromatic rings. The van der Waals surface area contributed by atoms with E-state index in [1.165, 1.54) is 28.1 Å². The number of aromatic nitrogens is 2. The summed E-state index contributed by atoms with van der Waals surface area (Å²) in [5.74, 6) is 1.48. The normalized spacial score (nSPS) is 22.1. The Morgan fingerprint density at radius 3 is 2.09 bits per heavy atom. The molecule has 1 saturated carbocycles. The number of aromatic amines is 1. The molecule has 0 bridgehead atoms. The van der Waals surface area contributed by atoms with Crippen LogP contribution in [0.2, 0.25) is 0 Å². The molecule has 1 spiro atoms. The fraction of sp³-hybridized carbons (Fsp3) is 0.476. The molecule has 0 radical (unpaired) electrons. The standard InChI is InChI=1S/C42H49N7O9/c1-22(50)35(46-40(54)56-3)38(52)48-15-5-7-31(48)29-18-26(20-43-29)24-9-11-27-34(19-24)58-33-12-10-25(17-28(33)42(27)13-14-42)30-21-44-37(45-30)32-8-6-16-49(32)39(53)36(23(2)51)47-41(55)57-4/h9-12,17,19-23,31-32,35-36,50-51H,5-8,13-16,18H2,1-4H3,(H,44,45)(H,46,54)(H,47,55)/t22-,23-,31-,32-,35-,36-/m0/s1. The molecule has 306 valence electrons. The van der Waals surface area contributed by atoms with Crippen LogP contribution in [0, 0.1) is 0 Å². The van der Waals surface area contributed by atoms with Crippen LogP contribution in [-0.2, 0) is 24.5 Å². The predicted molar refractivity (Wildman–Crippen MR) is 211 cm³/mol. The second kappa shape index (κ2) is 15.5. The number of fused-ring (bicyclic) bond motifs is 4. The number of carbonyl (C=O) groups excluding carboxylic acids is 4. The van der Waals surface area contributed by atoms with Crippen LogP contribution < -0.4 is 15.4 Å². The molecule has 58 heavy (non-hydrogen) atoms. The van der Waals surface area contributed by atoms with E-state index >= 15 is 0 Å². The number of allylic oxidation sites excluding steroid dienone is 1. The van der Waals surface area contributed by atoms with Gasteiger partial charge in [-0.25, -0.2) is 14.6 Å². The number of nitrogens with one attached hydrogen (secondary N) is 3. The molecule has 5 N–H and O–H groups in total. The largest absolute Gasteiger partial charge is 0.457 e. The van der Waals surface area contributed by atoms with E-state index in [4.69, 9.17) is 9.73 Å². The third-order valence-electron chi connectivity index (χ3n) is 12.2. The first-order valence-corrected chi connectivity index (χ1v) is 19.9. The van der Waals surface area contributed by atoms with Crippen molar-refractivity contribution in [3.8, 4) is 22.8 Å². The highest BCUT2D eigenvalue weighted by atomic mass is 16.5. The van der Waals surface area contributed by atoms with Crippen LogP contribution in [0.5, 0.6) is 11.5 Å². The molecule has 4 amide bonds. The molecular weight excluding hydrogens is 747 g/mol. The predicted octanol–water partition coefficient (Wildman–Crippen LogP) is 4.31. The summed E-state index contributed by atoms with van der Waals surface area (Å²) < 4.78 is 15.9. The molecule has 4 aliphatic heterocycles. The van der Waals surface area contributed by atoms with Crippen LogP contribution in [0.1, 0.15) is 87.3 Å². The van der Waals surface area contributed by atoms with Gasteiger partial charge in [0, 0.05) is 53.5 Å². The number of carbonyl (C=O) groups is 4. The average Bonchev–Trinajstić information content (AvgIpc) is 3.78. The van der Waals surface area contributed by atoms with Crippen LogP contribution in [0.25, 0.3) is 16.8 Å². The summed E-state index contributed by atoms with van der Waals surface area (Å²) in [4.78, 5) is 67.1. The molecule has 5 heterocycles. The second-order valence-corrected chi connectivity index (χ2v) is 15.8. The number of hydrogen-bond donors (Lipinski definition) is 5. The van der Waals surface area contributed by atoms with Crippen molar-refractivity contribution in [3.05, 3.63) is 71.3 Å². The van der Waals surface area contributed by atoms with Crippen molar-refractivity contribution in [1.82, 2.24) is 30.4 Å². The Kier molecular flexibility index (Phi) is 10.5. The summed E-state index contributed by atoms with van der Waals surface area (Å²) in [5, 5.41) is 25.5. The molecule has 16 nitrogen and oxygen atoms in total. The summed E-state index contributed by atoms with van der Waals surface area (Å²) in [5.41, 5.74) is 6.70. The van der Waals surface area contributed by atoms with E-state index in [9.17, 15) is 29.4 Å². The quantitative estimate of drug-likeness (QED) is 0.197. The maximum Gasteiger partial charge on any atom is 0.407 e. The van der Waals surface area contributed by atoms with E-state index in [-0.39, 0.29) is 23.4 Å². The Labute approximate surface area is 335 Å². The number of imidazole rings is 1. The number of ether oxygens (including phenoxy) is 3. The van der Waals surface area contributed by atoms with Crippen LogP contribution in [0.3, 0.4) is 0 Å². The molecule has 0 unspecified atom stereocenters. The van der Waals surface area contributed by atoms with E-state index in [1.54, 1.807) is 16.0 Å². The highest BCUT2D eigenvalue weighted by molar-refractivity contribution is 6.04. The zero-order chi connectivity index (χ0) is 40.9. The number of methoxy groups -OCH3 is 2. The lowest BCUT2D eigenvalue weighted by atomic mass is 9.83. The number of aliphatic imine (C=N–C) groups is 1. The number of nitrogens with zero attached hydrogens (tertiary/aromatic N) is 4. The van der Waals surface area contributed by atoms with E-state index in [1.807, 2.05) is 18.3 Å². The molecular formula is C42H49N7O9. The van der Waals surface area contributed by atoms with Gasteiger partial charge in [0.25, 0.3) is 0 Å². The number of H-pyrrole nitrogens is 1. The van der Waals surface area contributed by atoms with Gasteiger partial charge < -0.3 is 49.8 Å². The van der Waals surface area contributed by atoms with Crippen molar-refractivity contribution in [1.29, 1.82) is 0 Å². The van der Waals surface area contributed by atoms with Gasteiger partial charge in [0.15, 0.2) is 0 Å². The van der Waals surface area contributed by atoms with Crippen molar-refractivity contribution < 1.29 is 43.6 Å². The van der Waals surface area contributed by atoms with Crippen molar-refractivity contribution in [2.45, 2.75) is 101 Å². The first kappa shape index (κ1) is 39.1. The maximum atomic E-state index is 13.5. The number of aliphatic hydroxyl groups excluding tert-OH is 2. The minimum Gasteiger partial charge on any atom is -0.457 e. The number of alkyl carbamates (subject to hydrolysis) is 2. The fourth-order valence-corrected chi connectivity index (χ4v) is 8.97. The van der Waals surface area contributed by atoms with Crippen molar-refractivity contribution in [3.63, 3.8) is 0 Å². The van der Waals surface area contributed by atoms with Gasteiger partial charge in [0.2, 0.25) is 11.8 Å². The molecule has 5 aliphatic rings. The van der Waals surface area contributed by atoms with Crippen LogP contribution in [0.15, 0.2) is 53.8 Å². The average molecular weight is 796 g/mol. The number of hydrogen-bond acceptors (Lipinski definition) is 11. The monoisotopic (exact) mass is 795 g/mol. The van der Waals surface area contributed by atoms with Crippen molar-refractivity contribution in [2.75, 3.05) is 27.3 Å². The first-order valence-electron chi connectivity index (χ1n) is 19.9. The Balaban J connectivity index is 0.962. The molecule has 3 fully saturated rings. The van der Waals surface area contributed by atoms with Crippen LogP contribution >= 0.6 is 0 Å². The number of likely N-dealkylation sites (tertiary alicyclic amines) is 2. The lowest BCUT2D eigenvalue weighted by Gasteiger charge is -2.30. The fourth-order valence-electron chi connectivity index (χ4n) is 8.97. The third kappa shape index (κ3) is 7.08. The zero-order valence-electron chi connectivity index (χ0n) is 33.0. The highest BCUT2D eigenvalue weighted by Crippen LogP contribution is 2.62. The number of amides is 4. The molecule has 16 heteroatoms. The SMILES string of the molecule is COC(=O)N[C@H](C(=O)N1CCC[C@H]1C1=NC=C(c2ccc3c(c2)Oc2ccc(-c4cnc([C@@H]5CCCN5C(=O)[C@@H](NC(=O)OC)[C@H](C)O)[nH]4)cc2C32CC2)C1)[C@H](C)O. The summed E-state index contributed by atoms with van der Waals surface area (Å²) in [6, 6.07) is 9.65. The zero-order valence-corrected chi connectivity index (χ0v) is 33.0. The molecule has 6 atom stereocenters. The van der Waals surface area contributed by atoms with Crippen LogP contribution in [0.4, 0.5) is 9.59 Å². The Bertz CT molecular complexity index is 2190. The summed E-state index contributed by atoms with van der Waals surface area (Å²) in [7, 11) is 2.42. The van der Waals surface area contributed by atoms with Crippen molar-refractivity contribution in [2.24, 2.45) is 4.99 Å². The van der Waals surface area contributed by atoms with Crippen LogP contribution in [-0.4, -0.2) is 117 Å². The second-order valence-electron chi connectivity index (χ2n) is 15.8. The molecule has 2 saturated heterocycles. The summed E-state index contributed by atoms with van der Waals surface area (Å²) in [6.45, 7) is 3.90. The summed E-state index contributed by atoms with van der Waals surface area (Å²) in [6.07, 6.45) is 5.34. The Hall–Kier alpha value is -5.74. The molecule has 2 aromatic carbocycles. The number of rotatable bonds is 10. The summed E-state index contributed by atoms with van der Waals surface area (Å²) >= 11 is 0. The van der Waals surface area contributed by atoms with E-state index < -0.39 is 42.4 Å². The Morgan fingerprint density at radius 2 is 1.47 bits per heavy atom. The molecule has 1 aromatic heterocycles. The van der Waals surface area contributed by atoms with E-state index in [2.05, 4.69) is 54.3 Å². The van der Waals surface area contributed by atoms with Gasteiger partial charge in [-0.05, 0) is 87.8 Å². The molecule has 8 rings (SSSR count). The smallest absolute Gasteiger partial charge is 0.407 e. The van der Waals surface area contributed by atoms with Gasteiger partial charge in [0.05, 0.1) is 50.4 Å². The molecule has 1 aliphatic carbocycles. The van der Waals surface area contributed by atoms with Gasteiger partial charge in [-0.15, -0.1) is 0 Å². The van der Waals surface area contributed by atoms with E-state index in [0.717, 1.165) is 82.8 Å². The maximum absolute atomic E-state index is 13.5. The van der Waals surface area contributed by atoms with Gasteiger partial charge in [-0.2, -0.15) is 0 Å². The number of benzene rings is 2. The minimum atomic E-state index is -1.15. The lowest BCUT2D eigenvalue weighted by molar-refractivity contribution is -0.137. The third-order valence-corrected chi connectivity index (χ3v) is 12.2. The highest BCUT2D eigenvalue weighted by Gasteiger charge is 2.52. The number of aliphatic hydroxyl groups is 2. The van der Waals surface area contributed by atoms with Gasteiger partial charge in [-0.1, -0.05) is 12.1 Å². The van der Waals surface area contributed by atoms with Gasteiger partial charge >= 0.3 is 12.2 Å². The lowest BCUT2D eigenvalue weighted by Crippen LogP contribution is -2.55. The van der Waals surface area contributed by atoms with Crippen molar-refractivity contribution >= 4 is 35.3 Å². The van der Waals surface area contributed by atoms with Gasteiger partial charge in [0.1, 0.15) is 29.4 Å².